The van der Waals surface area contributed by atoms with Gasteiger partial charge in [-0.15, -0.1) is 0 Å². The largest absolute Gasteiger partial charge is 0.363 e. The van der Waals surface area contributed by atoms with Gasteiger partial charge in [0, 0.05) is 13.1 Å². The molecule has 2 N–H and O–H groups in total. The molecular weight excluding hydrogens is 192 g/mol. The monoisotopic (exact) mass is 214 g/mol. The van der Waals surface area contributed by atoms with Gasteiger partial charge in [-0.1, -0.05) is 19.8 Å². The molecular formula is C11H22N2S. The second kappa shape index (κ2) is 5.54. The van der Waals surface area contributed by atoms with Crippen molar-refractivity contribution >= 4 is 17.3 Å². The van der Waals surface area contributed by atoms with E-state index in [9.17, 15) is 0 Å². The molecule has 1 rings (SSSR count). The van der Waals surface area contributed by atoms with Crippen molar-refractivity contribution in [2.24, 2.45) is 5.41 Å². The Morgan fingerprint density at radius 3 is 2.36 bits per heavy atom. The second-order valence-corrected chi connectivity index (χ2v) is 4.68. The van der Waals surface area contributed by atoms with Crippen molar-refractivity contribution in [1.29, 1.82) is 0 Å². The molecule has 1 aliphatic carbocycles. The molecule has 0 aliphatic heterocycles. The van der Waals surface area contributed by atoms with E-state index < -0.39 is 0 Å². The van der Waals surface area contributed by atoms with Crippen LogP contribution in [0.25, 0.3) is 0 Å². The third-order valence-corrected chi connectivity index (χ3v) is 3.66. The molecule has 2 nitrogen and oxygen atoms in total. The van der Waals surface area contributed by atoms with Crippen molar-refractivity contribution in [1.82, 2.24) is 10.6 Å². The van der Waals surface area contributed by atoms with E-state index >= 15 is 0 Å². The van der Waals surface area contributed by atoms with Crippen LogP contribution in [0.2, 0.25) is 0 Å². The van der Waals surface area contributed by atoms with Gasteiger partial charge in [-0.25, -0.2) is 0 Å². The first-order valence-corrected chi connectivity index (χ1v) is 6.15. The maximum Gasteiger partial charge on any atom is 0.166 e. The lowest BCUT2D eigenvalue weighted by atomic mass is 9.83. The number of hydrogen-bond donors (Lipinski definition) is 2. The van der Waals surface area contributed by atoms with Crippen molar-refractivity contribution in [3.8, 4) is 0 Å². The summed E-state index contributed by atoms with van der Waals surface area (Å²) in [6.45, 7) is 6.32. The normalized spacial score (nSPS) is 19.3. The molecule has 0 saturated heterocycles. The van der Waals surface area contributed by atoms with E-state index in [1.165, 1.54) is 32.1 Å². The van der Waals surface area contributed by atoms with Gasteiger partial charge in [0.1, 0.15) is 0 Å². The average Bonchev–Trinajstić information content (AvgIpc) is 2.65. The lowest BCUT2D eigenvalue weighted by molar-refractivity contribution is 0.284. The molecule has 1 aliphatic rings. The van der Waals surface area contributed by atoms with Crippen LogP contribution >= 0.6 is 12.2 Å². The predicted octanol–water partition coefficient (Wildman–Crippen LogP) is 2.44. The molecule has 0 bridgehead atoms. The molecule has 0 radical (unpaired) electrons. The summed E-state index contributed by atoms with van der Waals surface area (Å²) in [7, 11) is 0. The molecule has 0 aromatic heterocycles. The van der Waals surface area contributed by atoms with Crippen LogP contribution in [0.5, 0.6) is 0 Å². The summed E-state index contributed by atoms with van der Waals surface area (Å²) in [5, 5.41) is 7.28. The van der Waals surface area contributed by atoms with Crippen molar-refractivity contribution in [2.45, 2.75) is 46.0 Å². The highest BCUT2D eigenvalue weighted by Gasteiger charge is 2.31. The van der Waals surface area contributed by atoms with Crippen LogP contribution in [0.15, 0.2) is 0 Å². The molecule has 3 heteroatoms. The van der Waals surface area contributed by atoms with Gasteiger partial charge in [-0.3, -0.25) is 0 Å². The quantitative estimate of drug-likeness (QED) is 0.703. The first kappa shape index (κ1) is 11.8. The number of nitrogens with one attached hydrogen (secondary N) is 2. The molecule has 0 amide bonds. The zero-order valence-corrected chi connectivity index (χ0v) is 10.2. The van der Waals surface area contributed by atoms with Gasteiger partial charge in [0.15, 0.2) is 5.11 Å². The average molecular weight is 214 g/mol. The fraction of sp³-hybridized carbons (Fsp3) is 0.909. The van der Waals surface area contributed by atoms with Crippen molar-refractivity contribution in [3.05, 3.63) is 0 Å². The second-order valence-electron chi connectivity index (χ2n) is 4.27. The Morgan fingerprint density at radius 2 is 1.86 bits per heavy atom. The van der Waals surface area contributed by atoms with Crippen LogP contribution in [-0.4, -0.2) is 18.2 Å². The first-order chi connectivity index (χ1) is 6.72. The summed E-state index contributed by atoms with van der Waals surface area (Å²) in [6, 6.07) is 0. The van der Waals surface area contributed by atoms with Gasteiger partial charge in [0.05, 0.1) is 0 Å². The standard InChI is InChI=1S/C11H22N2S/c1-3-11(7-5-6-8-11)9-13-10(14)12-4-2/h3-9H2,1-2H3,(H2,12,13,14). The summed E-state index contributed by atoms with van der Waals surface area (Å²) in [5.41, 5.74) is 0.527. The number of hydrogen-bond acceptors (Lipinski definition) is 1. The third kappa shape index (κ3) is 3.12. The molecule has 82 valence electrons. The molecule has 0 aromatic carbocycles. The number of thiocarbonyl (C=S) groups is 1. The third-order valence-electron chi connectivity index (χ3n) is 3.38. The lowest BCUT2D eigenvalue weighted by Gasteiger charge is -2.28. The Morgan fingerprint density at radius 1 is 1.21 bits per heavy atom. The summed E-state index contributed by atoms with van der Waals surface area (Å²) >= 11 is 5.16. The van der Waals surface area contributed by atoms with E-state index in [0.29, 0.717) is 5.41 Å². The van der Waals surface area contributed by atoms with E-state index in [2.05, 4.69) is 24.5 Å². The summed E-state index contributed by atoms with van der Waals surface area (Å²) in [5.74, 6) is 0. The highest BCUT2D eigenvalue weighted by Crippen LogP contribution is 2.40. The minimum atomic E-state index is 0.527. The fourth-order valence-corrected chi connectivity index (χ4v) is 2.49. The summed E-state index contributed by atoms with van der Waals surface area (Å²) < 4.78 is 0. The molecule has 0 unspecified atom stereocenters. The van der Waals surface area contributed by atoms with Crippen LogP contribution in [0.4, 0.5) is 0 Å². The van der Waals surface area contributed by atoms with E-state index in [1.54, 1.807) is 0 Å². The SMILES string of the molecule is CCNC(=S)NCC1(CC)CCCC1. The Balaban J connectivity index is 2.30. The van der Waals surface area contributed by atoms with E-state index in [-0.39, 0.29) is 0 Å². The summed E-state index contributed by atoms with van der Waals surface area (Å²) in [4.78, 5) is 0. The molecule has 14 heavy (non-hydrogen) atoms. The Bertz CT molecular complexity index is 186. The molecule has 0 heterocycles. The molecule has 0 spiro atoms. The minimum absolute atomic E-state index is 0.527. The zero-order chi connectivity index (χ0) is 10.4. The van der Waals surface area contributed by atoms with Gasteiger partial charge in [0.25, 0.3) is 0 Å². The van der Waals surface area contributed by atoms with Crippen LogP contribution < -0.4 is 10.6 Å². The summed E-state index contributed by atoms with van der Waals surface area (Å²) in [6.07, 6.45) is 6.79. The molecule has 1 saturated carbocycles. The van der Waals surface area contributed by atoms with E-state index in [1.807, 2.05) is 0 Å². The molecule has 0 aromatic rings. The zero-order valence-electron chi connectivity index (χ0n) is 9.36. The van der Waals surface area contributed by atoms with Crippen LogP contribution in [0.3, 0.4) is 0 Å². The van der Waals surface area contributed by atoms with Crippen LogP contribution in [0.1, 0.15) is 46.0 Å². The Hall–Kier alpha value is -0.310. The fourth-order valence-electron chi connectivity index (χ4n) is 2.27. The highest BCUT2D eigenvalue weighted by atomic mass is 32.1. The van der Waals surface area contributed by atoms with Crippen LogP contribution in [-0.2, 0) is 0 Å². The minimum Gasteiger partial charge on any atom is -0.363 e. The van der Waals surface area contributed by atoms with E-state index in [4.69, 9.17) is 12.2 Å². The Kier molecular flexibility index (Phi) is 4.66. The van der Waals surface area contributed by atoms with Crippen molar-refractivity contribution in [3.63, 3.8) is 0 Å². The van der Waals surface area contributed by atoms with Gasteiger partial charge >= 0.3 is 0 Å². The Labute approximate surface area is 92.8 Å². The van der Waals surface area contributed by atoms with Crippen molar-refractivity contribution < 1.29 is 0 Å². The van der Waals surface area contributed by atoms with E-state index in [0.717, 1.165) is 18.2 Å². The lowest BCUT2D eigenvalue weighted by Crippen LogP contribution is -2.41. The maximum absolute atomic E-state index is 5.16. The molecule has 0 atom stereocenters. The van der Waals surface area contributed by atoms with Crippen molar-refractivity contribution in [2.75, 3.05) is 13.1 Å². The maximum atomic E-state index is 5.16. The van der Waals surface area contributed by atoms with Crippen LogP contribution in [0, 0.1) is 5.41 Å². The first-order valence-electron chi connectivity index (χ1n) is 5.74. The van der Waals surface area contributed by atoms with Gasteiger partial charge < -0.3 is 10.6 Å². The molecule has 1 fully saturated rings. The smallest absolute Gasteiger partial charge is 0.166 e. The van der Waals surface area contributed by atoms with Gasteiger partial charge in [-0.05, 0) is 43.8 Å². The highest BCUT2D eigenvalue weighted by molar-refractivity contribution is 7.80. The van der Waals surface area contributed by atoms with Gasteiger partial charge in [0.2, 0.25) is 0 Å². The predicted molar refractivity (Wildman–Crippen MR) is 65.5 cm³/mol. The number of rotatable bonds is 4. The van der Waals surface area contributed by atoms with Gasteiger partial charge in [-0.2, -0.15) is 0 Å². The topological polar surface area (TPSA) is 24.1 Å².